The monoisotopic (exact) mass is 508 g/mol. The van der Waals surface area contributed by atoms with E-state index in [1.165, 1.54) is 6.33 Å². The van der Waals surface area contributed by atoms with E-state index in [0.717, 1.165) is 82.7 Å². The van der Waals surface area contributed by atoms with Gasteiger partial charge in [0.1, 0.15) is 12.2 Å². The van der Waals surface area contributed by atoms with Crippen LogP contribution in [0.5, 0.6) is 0 Å². The molecular weight excluding hydrogens is 480 g/mol. The van der Waals surface area contributed by atoms with Crippen molar-refractivity contribution in [3.63, 3.8) is 0 Å². The van der Waals surface area contributed by atoms with Gasteiger partial charge in [-0.1, -0.05) is 24.5 Å². The molecule has 4 N–H and O–H groups in total. The number of benzene rings is 2. The van der Waals surface area contributed by atoms with Crippen LogP contribution < -0.4 is 10.6 Å². The molecule has 1 atom stereocenters. The molecule has 1 amide bonds. The summed E-state index contributed by atoms with van der Waals surface area (Å²) in [5.41, 5.74) is 6.62. The maximum atomic E-state index is 13.1. The van der Waals surface area contributed by atoms with Crippen LogP contribution in [-0.4, -0.2) is 52.8 Å². The molecule has 0 saturated heterocycles. The summed E-state index contributed by atoms with van der Waals surface area (Å²) in [6.07, 6.45) is 12.4. The Morgan fingerprint density at radius 3 is 3.00 bits per heavy atom. The Hall–Kier alpha value is -4.80. The molecule has 11 nitrogen and oxygen atoms in total. The molecule has 2 bridgehead atoms. The van der Waals surface area contributed by atoms with Gasteiger partial charge in [-0.15, -0.1) is 5.10 Å². The number of carbonyl (C=O) groups excluding carboxylic acids is 1. The molecule has 2 aromatic carbocycles. The van der Waals surface area contributed by atoms with Crippen LogP contribution in [0.25, 0.3) is 33.9 Å². The van der Waals surface area contributed by atoms with Crippen LogP contribution in [-0.2, 0) is 4.79 Å². The number of fused-ring (bicyclic) bond motifs is 5. The molecule has 0 saturated carbocycles. The van der Waals surface area contributed by atoms with Crippen LogP contribution in [0.4, 0.5) is 5.69 Å². The first kappa shape index (κ1) is 23.6. The van der Waals surface area contributed by atoms with Crippen molar-refractivity contribution in [1.29, 1.82) is 0 Å². The maximum absolute atomic E-state index is 13.1. The minimum Gasteiger partial charge on any atom is -0.384 e. The maximum Gasteiger partial charge on any atom is 0.244 e. The van der Waals surface area contributed by atoms with Gasteiger partial charge in [0.25, 0.3) is 0 Å². The molecule has 5 aromatic rings. The molecule has 0 aliphatic carbocycles. The van der Waals surface area contributed by atoms with Gasteiger partial charge in [0, 0.05) is 34.8 Å². The number of anilines is 1. The lowest BCUT2D eigenvalue weighted by molar-refractivity contribution is -0.117. The van der Waals surface area contributed by atoms with E-state index in [-0.39, 0.29) is 11.9 Å². The third-order valence-corrected chi connectivity index (χ3v) is 6.79. The van der Waals surface area contributed by atoms with Crippen molar-refractivity contribution in [2.24, 2.45) is 0 Å². The number of hydrogen-bond acceptors (Lipinski definition) is 7. The average Bonchev–Trinajstić information content (AvgIpc) is 3.69. The molecule has 1 aliphatic heterocycles. The Balaban J connectivity index is 1.26. The minimum absolute atomic E-state index is 0.189. The number of aromatic nitrogens is 8. The topological polar surface area (TPSA) is 142 Å². The Labute approximate surface area is 218 Å². The summed E-state index contributed by atoms with van der Waals surface area (Å²) < 4.78 is 1.58. The third-order valence-electron chi connectivity index (χ3n) is 6.79. The van der Waals surface area contributed by atoms with Gasteiger partial charge in [-0.3, -0.25) is 9.89 Å². The van der Waals surface area contributed by atoms with Crippen LogP contribution in [0.3, 0.4) is 0 Å². The van der Waals surface area contributed by atoms with Gasteiger partial charge in [-0.05, 0) is 60.5 Å². The Morgan fingerprint density at radius 2 is 2.11 bits per heavy atom. The number of carbonyl (C=O) groups is 1. The van der Waals surface area contributed by atoms with Crippen LogP contribution >= 0.6 is 0 Å². The highest BCUT2D eigenvalue weighted by atomic mass is 16.1. The molecule has 0 fully saturated rings. The molecule has 0 radical (unpaired) electrons. The number of amides is 1. The number of H-pyrrole nitrogens is 2. The fourth-order valence-electron chi connectivity index (χ4n) is 4.83. The van der Waals surface area contributed by atoms with Gasteiger partial charge >= 0.3 is 0 Å². The number of nitrogens with zero attached hydrogens (tertiary/aromatic N) is 6. The number of imidazole rings is 1. The van der Waals surface area contributed by atoms with Gasteiger partial charge in [0.15, 0.2) is 0 Å². The highest BCUT2D eigenvalue weighted by Gasteiger charge is 2.19. The SMILES string of the molecule is Cc1ccc(-n2cnnn2)c(/C=C/C(=O)N[C@H]2CCCCCNc3cc4cn[nH]c4cc3-c3cnc2[nH]3)c1. The first-order valence-corrected chi connectivity index (χ1v) is 12.7. The van der Waals surface area contributed by atoms with Gasteiger partial charge in [-0.25, -0.2) is 4.98 Å². The first-order valence-electron chi connectivity index (χ1n) is 12.7. The van der Waals surface area contributed by atoms with E-state index in [1.54, 1.807) is 16.8 Å². The molecule has 192 valence electrons. The fraction of sp³-hybridized carbons (Fsp3) is 0.259. The lowest BCUT2D eigenvalue weighted by Gasteiger charge is -2.17. The van der Waals surface area contributed by atoms with E-state index < -0.39 is 0 Å². The predicted octanol–water partition coefficient (Wildman–Crippen LogP) is 4.09. The number of nitrogens with one attached hydrogen (secondary N) is 4. The zero-order valence-electron chi connectivity index (χ0n) is 21.0. The summed E-state index contributed by atoms with van der Waals surface area (Å²) in [5.74, 6) is 0.549. The fourth-order valence-corrected chi connectivity index (χ4v) is 4.83. The number of aromatic amines is 2. The van der Waals surface area contributed by atoms with E-state index in [9.17, 15) is 4.79 Å². The predicted molar refractivity (Wildman–Crippen MR) is 144 cm³/mol. The molecular formula is C27H28N10O. The van der Waals surface area contributed by atoms with Crippen molar-refractivity contribution in [1.82, 2.24) is 45.7 Å². The zero-order valence-corrected chi connectivity index (χ0v) is 21.0. The summed E-state index contributed by atoms with van der Waals surface area (Å²) in [4.78, 5) is 21.2. The van der Waals surface area contributed by atoms with Crippen molar-refractivity contribution in [3.8, 4) is 16.9 Å². The normalized spacial score (nSPS) is 16.0. The lowest BCUT2D eigenvalue weighted by atomic mass is 10.1. The average molecular weight is 509 g/mol. The van der Waals surface area contributed by atoms with Crippen LogP contribution in [0, 0.1) is 6.92 Å². The van der Waals surface area contributed by atoms with Crippen molar-refractivity contribution in [3.05, 3.63) is 72.1 Å². The summed E-state index contributed by atoms with van der Waals surface area (Å²) in [6.45, 7) is 2.88. The van der Waals surface area contributed by atoms with Crippen molar-refractivity contribution in [2.45, 2.75) is 38.6 Å². The molecule has 0 unspecified atom stereocenters. The molecule has 6 rings (SSSR count). The van der Waals surface area contributed by atoms with Crippen LogP contribution in [0.1, 0.15) is 48.7 Å². The highest BCUT2D eigenvalue weighted by Crippen LogP contribution is 2.32. The lowest BCUT2D eigenvalue weighted by Crippen LogP contribution is -2.27. The quantitative estimate of drug-likeness (QED) is 0.268. The second kappa shape index (κ2) is 10.3. The van der Waals surface area contributed by atoms with Crippen LogP contribution in [0.2, 0.25) is 0 Å². The van der Waals surface area contributed by atoms with Crippen molar-refractivity contribution < 1.29 is 4.79 Å². The summed E-state index contributed by atoms with van der Waals surface area (Å²) in [6, 6.07) is 9.87. The van der Waals surface area contributed by atoms with Gasteiger partial charge in [-0.2, -0.15) is 9.78 Å². The smallest absolute Gasteiger partial charge is 0.244 e. The second-order valence-corrected chi connectivity index (χ2v) is 9.52. The van der Waals surface area contributed by atoms with Gasteiger partial charge in [0.05, 0.1) is 35.3 Å². The van der Waals surface area contributed by atoms with Gasteiger partial charge in [0.2, 0.25) is 5.91 Å². The van der Waals surface area contributed by atoms with E-state index in [2.05, 4.69) is 58.5 Å². The number of rotatable bonds is 4. The van der Waals surface area contributed by atoms with E-state index in [4.69, 9.17) is 0 Å². The summed E-state index contributed by atoms with van der Waals surface area (Å²) in [5, 5.41) is 26.4. The summed E-state index contributed by atoms with van der Waals surface area (Å²) >= 11 is 0. The van der Waals surface area contributed by atoms with E-state index >= 15 is 0 Å². The summed E-state index contributed by atoms with van der Waals surface area (Å²) in [7, 11) is 0. The molecule has 4 heterocycles. The van der Waals surface area contributed by atoms with E-state index in [0.29, 0.717) is 0 Å². The second-order valence-electron chi connectivity index (χ2n) is 9.52. The molecule has 1 aliphatic rings. The Bertz CT molecular complexity index is 1600. The standard InChI is InChI=1S/C27H28N10O/c1-17-6-8-25(37-16-31-35-36-37)18(11-17)7-9-26(38)32-21-5-3-2-4-10-28-23-12-19-14-30-34-22(19)13-20(23)24-15-29-27(21)33-24/h6-9,11-16,21,28H,2-5,10H2,1H3,(H,29,33)(H,30,34)(H,32,38)/b9-7+/t21-/m0/s1. The Morgan fingerprint density at radius 1 is 1.16 bits per heavy atom. The number of aryl methyl sites for hydroxylation is 1. The van der Waals surface area contributed by atoms with E-state index in [1.807, 2.05) is 37.5 Å². The van der Waals surface area contributed by atoms with Gasteiger partial charge < -0.3 is 15.6 Å². The highest BCUT2D eigenvalue weighted by molar-refractivity contribution is 5.93. The molecule has 11 heteroatoms. The number of hydrogen-bond donors (Lipinski definition) is 4. The van der Waals surface area contributed by atoms with Crippen molar-refractivity contribution >= 4 is 28.6 Å². The Kier molecular flexibility index (Phi) is 6.39. The number of tetrazole rings is 1. The molecule has 3 aromatic heterocycles. The molecule has 38 heavy (non-hydrogen) atoms. The largest absolute Gasteiger partial charge is 0.384 e. The van der Waals surface area contributed by atoms with Crippen molar-refractivity contribution in [2.75, 3.05) is 11.9 Å². The minimum atomic E-state index is -0.232. The van der Waals surface area contributed by atoms with Crippen LogP contribution in [0.15, 0.2) is 55.1 Å². The third kappa shape index (κ3) is 4.90. The first-order chi connectivity index (χ1) is 18.6. The molecule has 0 spiro atoms. The zero-order chi connectivity index (χ0) is 25.9.